The molecular weight excluding hydrogens is 291 g/mol. The minimum atomic E-state index is 0. The lowest BCUT2D eigenvalue weighted by Crippen LogP contribution is -2.38. The summed E-state index contributed by atoms with van der Waals surface area (Å²) in [5, 5.41) is 3.54. The largest absolute Gasteiger partial charge is 0.352 e. The smallest absolute Gasteiger partial charge is 0.230 e. The van der Waals surface area contributed by atoms with Crippen LogP contribution in [-0.4, -0.2) is 24.2 Å². The van der Waals surface area contributed by atoms with E-state index in [1.165, 1.54) is 0 Å². The van der Waals surface area contributed by atoms with Gasteiger partial charge in [-0.05, 0) is 24.6 Å². The van der Waals surface area contributed by atoms with Crippen LogP contribution in [-0.2, 0) is 10.5 Å². The van der Waals surface area contributed by atoms with E-state index in [-0.39, 0.29) is 24.4 Å². The number of hydrogen-bond acceptors (Lipinski definition) is 3. The second-order valence-corrected chi connectivity index (χ2v) is 5.25. The van der Waals surface area contributed by atoms with Crippen LogP contribution in [0, 0.1) is 0 Å². The Morgan fingerprint density at radius 1 is 1.56 bits per heavy atom. The number of halogens is 2. The van der Waals surface area contributed by atoms with Gasteiger partial charge in [0.15, 0.2) is 0 Å². The molecule has 0 heterocycles. The average molecular weight is 309 g/mol. The summed E-state index contributed by atoms with van der Waals surface area (Å²) in [5.41, 5.74) is 6.55. The number of nitrogens with two attached hydrogens (primary N) is 1. The molecule has 0 spiro atoms. The molecule has 0 aliphatic rings. The van der Waals surface area contributed by atoms with Gasteiger partial charge in [-0.3, -0.25) is 4.79 Å². The lowest BCUT2D eigenvalue weighted by atomic mass is 10.2. The molecule has 18 heavy (non-hydrogen) atoms. The Morgan fingerprint density at radius 3 is 2.89 bits per heavy atom. The van der Waals surface area contributed by atoms with Gasteiger partial charge < -0.3 is 11.1 Å². The number of benzene rings is 1. The molecule has 1 rings (SSSR count). The van der Waals surface area contributed by atoms with Crippen LogP contribution in [0.4, 0.5) is 0 Å². The van der Waals surface area contributed by atoms with Gasteiger partial charge in [-0.1, -0.05) is 23.7 Å². The highest BCUT2D eigenvalue weighted by atomic mass is 35.5. The Morgan fingerprint density at radius 2 is 2.28 bits per heavy atom. The summed E-state index contributed by atoms with van der Waals surface area (Å²) < 4.78 is 0. The monoisotopic (exact) mass is 308 g/mol. The number of thioether (sulfide) groups is 1. The molecule has 0 unspecified atom stereocenters. The minimum Gasteiger partial charge on any atom is -0.352 e. The Kier molecular flexibility index (Phi) is 9.28. The summed E-state index contributed by atoms with van der Waals surface area (Å²) >= 11 is 7.44. The van der Waals surface area contributed by atoms with Crippen molar-refractivity contribution in [1.29, 1.82) is 0 Å². The molecule has 1 amide bonds. The number of carbonyl (C=O) groups is 1. The topological polar surface area (TPSA) is 55.1 Å². The van der Waals surface area contributed by atoms with E-state index in [1.54, 1.807) is 11.8 Å². The predicted molar refractivity (Wildman–Crippen MR) is 81.5 cm³/mol. The van der Waals surface area contributed by atoms with Crippen molar-refractivity contribution in [3.05, 3.63) is 34.9 Å². The third-order valence-corrected chi connectivity index (χ3v) is 3.39. The molecule has 102 valence electrons. The summed E-state index contributed by atoms with van der Waals surface area (Å²) in [6, 6.07) is 7.70. The van der Waals surface area contributed by atoms with E-state index in [4.69, 9.17) is 17.3 Å². The Balaban J connectivity index is 0.00000289. The lowest BCUT2D eigenvalue weighted by molar-refractivity contribution is -0.119. The van der Waals surface area contributed by atoms with E-state index < -0.39 is 0 Å². The molecule has 0 radical (unpaired) electrons. The maximum absolute atomic E-state index is 11.5. The molecule has 1 aromatic carbocycles. The van der Waals surface area contributed by atoms with Crippen LogP contribution in [0.2, 0.25) is 5.02 Å². The van der Waals surface area contributed by atoms with Crippen molar-refractivity contribution >= 4 is 41.7 Å². The number of hydrogen-bond donors (Lipinski definition) is 2. The fraction of sp³-hybridized carbons (Fsp3) is 0.417. The number of amides is 1. The zero-order valence-electron chi connectivity index (χ0n) is 10.2. The first-order valence-electron chi connectivity index (χ1n) is 5.43. The van der Waals surface area contributed by atoms with E-state index in [0.29, 0.717) is 12.3 Å². The van der Waals surface area contributed by atoms with Gasteiger partial charge in [0.25, 0.3) is 0 Å². The number of nitrogens with one attached hydrogen (secondary N) is 1. The molecule has 0 aliphatic heterocycles. The maximum Gasteiger partial charge on any atom is 0.230 e. The quantitative estimate of drug-likeness (QED) is 0.849. The fourth-order valence-corrected chi connectivity index (χ4v) is 2.26. The molecule has 3 N–H and O–H groups in total. The van der Waals surface area contributed by atoms with E-state index >= 15 is 0 Å². The first-order chi connectivity index (χ1) is 8.11. The molecular formula is C12H18Cl2N2OS. The molecule has 0 saturated heterocycles. The molecule has 0 saturated carbocycles. The minimum absolute atomic E-state index is 0. The van der Waals surface area contributed by atoms with Gasteiger partial charge in [-0.15, -0.1) is 24.2 Å². The second kappa shape index (κ2) is 9.50. The molecule has 1 aromatic rings. The maximum atomic E-state index is 11.5. The highest BCUT2D eigenvalue weighted by molar-refractivity contribution is 7.99. The highest BCUT2D eigenvalue weighted by Gasteiger charge is 2.05. The van der Waals surface area contributed by atoms with Crippen molar-refractivity contribution in [2.24, 2.45) is 5.73 Å². The Hall–Kier alpha value is -0.420. The third kappa shape index (κ3) is 7.11. The van der Waals surface area contributed by atoms with Gasteiger partial charge in [-0.25, -0.2) is 0 Å². The summed E-state index contributed by atoms with van der Waals surface area (Å²) in [5.74, 6) is 1.25. The summed E-state index contributed by atoms with van der Waals surface area (Å²) in [6.45, 7) is 2.35. The van der Waals surface area contributed by atoms with Gasteiger partial charge in [0.1, 0.15) is 0 Å². The van der Waals surface area contributed by atoms with E-state index in [0.717, 1.165) is 16.3 Å². The molecule has 6 heteroatoms. The average Bonchev–Trinajstić information content (AvgIpc) is 2.29. The Labute approximate surface area is 123 Å². The zero-order chi connectivity index (χ0) is 12.7. The SMILES string of the molecule is C[C@@H](CN)NC(=O)CSCc1cccc(Cl)c1.Cl. The third-order valence-electron chi connectivity index (χ3n) is 2.15. The van der Waals surface area contributed by atoms with Crippen LogP contribution in [0.3, 0.4) is 0 Å². The van der Waals surface area contributed by atoms with Gasteiger partial charge in [0, 0.05) is 23.4 Å². The van der Waals surface area contributed by atoms with Crippen molar-refractivity contribution in [1.82, 2.24) is 5.32 Å². The first-order valence-corrected chi connectivity index (χ1v) is 6.96. The van der Waals surface area contributed by atoms with E-state index in [1.807, 2.05) is 31.2 Å². The van der Waals surface area contributed by atoms with Crippen molar-refractivity contribution in [2.75, 3.05) is 12.3 Å². The molecule has 0 aliphatic carbocycles. The summed E-state index contributed by atoms with van der Waals surface area (Å²) in [6.07, 6.45) is 0. The van der Waals surface area contributed by atoms with Gasteiger partial charge >= 0.3 is 0 Å². The van der Waals surface area contributed by atoms with Crippen LogP contribution in [0.1, 0.15) is 12.5 Å². The van der Waals surface area contributed by atoms with E-state index in [9.17, 15) is 4.79 Å². The number of carbonyl (C=O) groups excluding carboxylic acids is 1. The Bertz CT molecular complexity index is 377. The molecule has 3 nitrogen and oxygen atoms in total. The molecule has 0 aromatic heterocycles. The van der Waals surface area contributed by atoms with Crippen molar-refractivity contribution in [2.45, 2.75) is 18.7 Å². The van der Waals surface area contributed by atoms with Gasteiger partial charge in [0.05, 0.1) is 5.75 Å². The van der Waals surface area contributed by atoms with E-state index in [2.05, 4.69) is 5.32 Å². The predicted octanol–water partition coefficient (Wildman–Crippen LogP) is 2.46. The van der Waals surface area contributed by atoms with Crippen molar-refractivity contribution in [3.63, 3.8) is 0 Å². The highest BCUT2D eigenvalue weighted by Crippen LogP contribution is 2.16. The molecule has 1 atom stereocenters. The van der Waals surface area contributed by atoms with Crippen molar-refractivity contribution < 1.29 is 4.79 Å². The van der Waals surface area contributed by atoms with Gasteiger partial charge in [-0.2, -0.15) is 0 Å². The zero-order valence-corrected chi connectivity index (χ0v) is 12.6. The second-order valence-electron chi connectivity index (χ2n) is 3.83. The first kappa shape index (κ1) is 17.6. The standard InChI is InChI=1S/C12H17ClN2OS.ClH/c1-9(6-14)15-12(16)8-17-7-10-3-2-4-11(13)5-10;/h2-5,9H,6-8,14H2,1H3,(H,15,16);1H/t9-;/m0./s1. The number of rotatable bonds is 6. The molecule has 0 bridgehead atoms. The lowest BCUT2D eigenvalue weighted by Gasteiger charge is -2.10. The van der Waals surface area contributed by atoms with Crippen LogP contribution in [0.5, 0.6) is 0 Å². The van der Waals surface area contributed by atoms with Gasteiger partial charge in [0.2, 0.25) is 5.91 Å². The normalized spacial score (nSPS) is 11.5. The summed E-state index contributed by atoms with van der Waals surface area (Å²) in [7, 11) is 0. The van der Waals surface area contributed by atoms with Crippen LogP contribution >= 0.6 is 35.8 Å². The van der Waals surface area contributed by atoms with Crippen LogP contribution in [0.25, 0.3) is 0 Å². The summed E-state index contributed by atoms with van der Waals surface area (Å²) in [4.78, 5) is 11.5. The fourth-order valence-electron chi connectivity index (χ4n) is 1.26. The molecule has 0 fully saturated rings. The van der Waals surface area contributed by atoms with Crippen LogP contribution in [0.15, 0.2) is 24.3 Å². The van der Waals surface area contributed by atoms with Crippen LogP contribution < -0.4 is 11.1 Å². The van der Waals surface area contributed by atoms with Crippen molar-refractivity contribution in [3.8, 4) is 0 Å².